The molecule has 0 aliphatic carbocycles. The highest BCUT2D eigenvalue weighted by Crippen LogP contribution is 2.18. The summed E-state index contributed by atoms with van der Waals surface area (Å²) in [7, 11) is 0. The lowest BCUT2D eigenvalue weighted by Gasteiger charge is -2.33. The van der Waals surface area contributed by atoms with E-state index in [1.807, 2.05) is 0 Å². The molecule has 0 spiro atoms. The molecule has 0 atom stereocenters. The van der Waals surface area contributed by atoms with E-state index in [1.54, 1.807) is 0 Å². The van der Waals surface area contributed by atoms with Gasteiger partial charge in [-0.2, -0.15) is 0 Å². The Hall–Kier alpha value is -0.610. The average Bonchev–Trinajstić information content (AvgIpc) is 2.14. The van der Waals surface area contributed by atoms with Crippen LogP contribution in [0.1, 0.15) is 33.6 Å². The van der Waals surface area contributed by atoms with E-state index in [-0.39, 0.29) is 11.3 Å². The number of hydrogen-bond acceptors (Lipinski definition) is 3. The summed E-state index contributed by atoms with van der Waals surface area (Å²) >= 11 is 0. The third-order valence-electron chi connectivity index (χ3n) is 2.62. The predicted molar refractivity (Wildman–Crippen MR) is 59.4 cm³/mol. The molecule has 3 N–H and O–H groups in total. The first-order chi connectivity index (χ1) is 6.83. The molecular weight excluding hydrogens is 192 g/mol. The fraction of sp³-hybridized carbons (Fsp3) is 0.909. The maximum atomic E-state index is 11.9. The zero-order chi connectivity index (χ0) is 11.5. The molecule has 0 aromatic heterocycles. The van der Waals surface area contributed by atoms with E-state index < -0.39 is 5.54 Å². The SMILES string of the molecule is CC(C)(C)CNC(=O)C1(N)CCOCC1. The van der Waals surface area contributed by atoms with Gasteiger partial charge in [-0.3, -0.25) is 4.79 Å². The fourth-order valence-electron chi connectivity index (χ4n) is 1.48. The van der Waals surface area contributed by atoms with Crippen LogP contribution < -0.4 is 11.1 Å². The standard InChI is InChI=1S/C11H22N2O2/c1-10(2,3)8-13-9(14)11(12)4-6-15-7-5-11/h4-8,12H2,1-3H3,(H,13,14). The van der Waals surface area contributed by atoms with Crippen LogP contribution in [0.5, 0.6) is 0 Å². The van der Waals surface area contributed by atoms with Crippen molar-refractivity contribution in [1.29, 1.82) is 0 Å². The zero-order valence-electron chi connectivity index (χ0n) is 9.93. The molecule has 15 heavy (non-hydrogen) atoms. The van der Waals surface area contributed by atoms with Gasteiger partial charge in [0, 0.05) is 19.8 Å². The van der Waals surface area contributed by atoms with E-state index in [4.69, 9.17) is 10.5 Å². The van der Waals surface area contributed by atoms with Crippen LogP contribution in [0.25, 0.3) is 0 Å². The van der Waals surface area contributed by atoms with E-state index in [0.717, 1.165) is 0 Å². The summed E-state index contributed by atoms with van der Waals surface area (Å²) in [4.78, 5) is 11.9. The number of nitrogens with two attached hydrogens (primary N) is 1. The Morgan fingerprint density at radius 1 is 1.40 bits per heavy atom. The first-order valence-corrected chi connectivity index (χ1v) is 5.48. The molecule has 1 saturated heterocycles. The van der Waals surface area contributed by atoms with Gasteiger partial charge in [0.25, 0.3) is 0 Å². The lowest BCUT2D eigenvalue weighted by Crippen LogP contribution is -2.57. The Bertz CT molecular complexity index is 227. The van der Waals surface area contributed by atoms with Gasteiger partial charge in [0.05, 0.1) is 5.54 Å². The van der Waals surface area contributed by atoms with Crippen molar-refractivity contribution in [3.8, 4) is 0 Å². The topological polar surface area (TPSA) is 64.4 Å². The first kappa shape index (κ1) is 12.5. The molecule has 1 fully saturated rings. The highest BCUT2D eigenvalue weighted by atomic mass is 16.5. The van der Waals surface area contributed by atoms with Crippen molar-refractivity contribution in [3.05, 3.63) is 0 Å². The summed E-state index contributed by atoms with van der Waals surface area (Å²) in [6, 6.07) is 0. The van der Waals surface area contributed by atoms with Gasteiger partial charge < -0.3 is 15.8 Å². The molecule has 1 heterocycles. The molecule has 0 bridgehead atoms. The summed E-state index contributed by atoms with van der Waals surface area (Å²) < 4.78 is 5.20. The second-order valence-electron chi connectivity index (χ2n) is 5.51. The zero-order valence-corrected chi connectivity index (χ0v) is 9.93. The maximum Gasteiger partial charge on any atom is 0.240 e. The molecular formula is C11H22N2O2. The molecule has 0 unspecified atom stereocenters. The summed E-state index contributed by atoms with van der Waals surface area (Å²) in [5, 5.41) is 2.91. The predicted octanol–water partition coefficient (Wildman–Crippen LogP) is 0.657. The van der Waals surface area contributed by atoms with Crippen molar-refractivity contribution < 1.29 is 9.53 Å². The minimum absolute atomic E-state index is 0.0410. The average molecular weight is 214 g/mol. The lowest BCUT2D eigenvalue weighted by atomic mass is 9.89. The molecule has 4 heteroatoms. The Morgan fingerprint density at radius 2 is 1.93 bits per heavy atom. The van der Waals surface area contributed by atoms with Gasteiger partial charge in [0.1, 0.15) is 0 Å². The van der Waals surface area contributed by atoms with E-state index in [0.29, 0.717) is 32.6 Å². The molecule has 1 rings (SSSR count). The number of carbonyl (C=O) groups is 1. The van der Waals surface area contributed by atoms with Crippen LogP contribution in [0.4, 0.5) is 0 Å². The van der Waals surface area contributed by atoms with Crippen molar-refractivity contribution in [2.24, 2.45) is 11.1 Å². The minimum Gasteiger partial charge on any atom is -0.381 e. The summed E-state index contributed by atoms with van der Waals surface area (Å²) in [5.74, 6) is -0.0410. The largest absolute Gasteiger partial charge is 0.381 e. The quantitative estimate of drug-likeness (QED) is 0.709. The Kier molecular flexibility index (Phi) is 3.73. The van der Waals surface area contributed by atoms with Crippen LogP contribution in [-0.2, 0) is 9.53 Å². The number of amides is 1. The molecule has 88 valence electrons. The van der Waals surface area contributed by atoms with Gasteiger partial charge >= 0.3 is 0 Å². The van der Waals surface area contributed by atoms with E-state index in [9.17, 15) is 4.79 Å². The Balaban J connectivity index is 2.45. The second-order valence-corrected chi connectivity index (χ2v) is 5.51. The van der Waals surface area contributed by atoms with Crippen LogP contribution >= 0.6 is 0 Å². The number of rotatable bonds is 2. The van der Waals surface area contributed by atoms with E-state index in [1.165, 1.54) is 0 Å². The molecule has 0 aromatic rings. The molecule has 1 amide bonds. The van der Waals surface area contributed by atoms with Crippen molar-refractivity contribution in [3.63, 3.8) is 0 Å². The Morgan fingerprint density at radius 3 is 2.40 bits per heavy atom. The summed E-state index contributed by atoms with van der Waals surface area (Å²) in [6.07, 6.45) is 1.23. The fourth-order valence-corrected chi connectivity index (χ4v) is 1.48. The second kappa shape index (κ2) is 4.49. The monoisotopic (exact) mass is 214 g/mol. The van der Waals surface area contributed by atoms with Gasteiger partial charge in [0.15, 0.2) is 0 Å². The smallest absolute Gasteiger partial charge is 0.240 e. The van der Waals surface area contributed by atoms with Gasteiger partial charge in [-0.1, -0.05) is 20.8 Å². The molecule has 0 radical (unpaired) electrons. The minimum atomic E-state index is -0.719. The van der Waals surface area contributed by atoms with Gasteiger partial charge in [-0.25, -0.2) is 0 Å². The third-order valence-corrected chi connectivity index (χ3v) is 2.62. The van der Waals surface area contributed by atoms with Crippen LogP contribution in [-0.4, -0.2) is 31.2 Å². The first-order valence-electron chi connectivity index (χ1n) is 5.48. The summed E-state index contributed by atoms with van der Waals surface area (Å²) in [5.41, 5.74) is 5.42. The number of nitrogens with one attached hydrogen (secondary N) is 1. The van der Waals surface area contributed by atoms with Crippen LogP contribution in [0.2, 0.25) is 0 Å². The summed E-state index contributed by atoms with van der Waals surface area (Å²) in [6.45, 7) is 8.08. The van der Waals surface area contributed by atoms with E-state index in [2.05, 4.69) is 26.1 Å². The molecule has 0 saturated carbocycles. The van der Waals surface area contributed by atoms with Crippen molar-refractivity contribution in [2.75, 3.05) is 19.8 Å². The normalized spacial score (nSPS) is 21.1. The highest BCUT2D eigenvalue weighted by Gasteiger charge is 2.36. The molecule has 1 aliphatic rings. The number of ether oxygens (including phenoxy) is 1. The van der Waals surface area contributed by atoms with Crippen molar-refractivity contribution in [1.82, 2.24) is 5.32 Å². The molecule has 4 nitrogen and oxygen atoms in total. The molecule has 0 aromatic carbocycles. The molecule has 1 aliphatic heterocycles. The van der Waals surface area contributed by atoms with Crippen LogP contribution in [0, 0.1) is 5.41 Å². The third kappa shape index (κ3) is 3.80. The van der Waals surface area contributed by atoms with Gasteiger partial charge in [0.2, 0.25) is 5.91 Å². The van der Waals surface area contributed by atoms with Crippen LogP contribution in [0.15, 0.2) is 0 Å². The lowest BCUT2D eigenvalue weighted by molar-refractivity contribution is -0.130. The van der Waals surface area contributed by atoms with Gasteiger partial charge in [-0.05, 0) is 18.3 Å². The Labute approximate surface area is 91.5 Å². The number of hydrogen-bond donors (Lipinski definition) is 2. The highest BCUT2D eigenvalue weighted by molar-refractivity contribution is 5.86. The maximum absolute atomic E-state index is 11.9. The van der Waals surface area contributed by atoms with E-state index >= 15 is 0 Å². The van der Waals surface area contributed by atoms with Crippen LogP contribution in [0.3, 0.4) is 0 Å². The van der Waals surface area contributed by atoms with Crippen molar-refractivity contribution >= 4 is 5.91 Å². The van der Waals surface area contributed by atoms with Crippen molar-refractivity contribution in [2.45, 2.75) is 39.2 Å². The number of carbonyl (C=O) groups excluding carboxylic acids is 1. The van der Waals surface area contributed by atoms with Gasteiger partial charge in [-0.15, -0.1) is 0 Å².